The van der Waals surface area contributed by atoms with Crippen molar-refractivity contribution in [2.24, 2.45) is 4.40 Å². The van der Waals surface area contributed by atoms with E-state index >= 15 is 0 Å². The Hall–Kier alpha value is -2.45. The molecule has 0 radical (unpaired) electrons. The fourth-order valence-corrected chi connectivity index (χ4v) is 4.43. The molecule has 2 aromatic carbocycles. The van der Waals surface area contributed by atoms with Crippen LogP contribution in [0.2, 0.25) is 0 Å². The molecule has 0 bridgehead atoms. The first-order valence-corrected chi connectivity index (χ1v) is 10.1. The Morgan fingerprint density at radius 3 is 2.46 bits per heavy atom. The van der Waals surface area contributed by atoms with Gasteiger partial charge < -0.3 is 9.73 Å². The smallest absolute Gasteiger partial charge is 0.396 e. The van der Waals surface area contributed by atoms with Gasteiger partial charge in [0.05, 0.1) is 9.60 Å². The van der Waals surface area contributed by atoms with E-state index in [4.69, 9.17) is 4.42 Å². The second-order valence-electron chi connectivity index (χ2n) is 6.07. The molecule has 1 aromatic heterocycles. The predicted molar refractivity (Wildman–Crippen MR) is 105 cm³/mol. The van der Waals surface area contributed by atoms with Crippen molar-refractivity contribution in [1.82, 2.24) is 0 Å². The Bertz CT molecular complexity index is 1170. The number of fused-ring (bicyclic) bond motifs is 1. The van der Waals surface area contributed by atoms with Gasteiger partial charge >= 0.3 is 4.94 Å². The summed E-state index contributed by atoms with van der Waals surface area (Å²) in [6, 6.07) is 8.34. The molecule has 0 amide bonds. The Kier molecular flexibility index (Phi) is 4.72. The summed E-state index contributed by atoms with van der Waals surface area (Å²) in [5, 5.41) is 3.02. The summed E-state index contributed by atoms with van der Waals surface area (Å²) in [5.74, 6) is 0.239. The van der Waals surface area contributed by atoms with E-state index in [-0.39, 0.29) is 15.7 Å². The average molecular weight is 390 g/mol. The minimum absolute atomic E-state index is 0.139. The largest absolute Gasteiger partial charge is 0.414 e. The molecule has 3 rings (SSSR count). The Morgan fingerprint density at radius 1 is 1.15 bits per heavy atom. The number of benzene rings is 2. The quantitative estimate of drug-likeness (QED) is 0.539. The maximum absolute atomic E-state index is 12.4. The highest BCUT2D eigenvalue weighted by Crippen LogP contribution is 2.30. The van der Waals surface area contributed by atoms with Crippen LogP contribution >= 0.6 is 11.3 Å². The van der Waals surface area contributed by atoms with Crippen LogP contribution in [0.25, 0.3) is 10.3 Å². The summed E-state index contributed by atoms with van der Waals surface area (Å²) in [7, 11) is -3.80. The first kappa shape index (κ1) is 18.3. The summed E-state index contributed by atoms with van der Waals surface area (Å²) in [6.07, 6.45) is 0. The molecule has 0 aliphatic heterocycles. The van der Waals surface area contributed by atoms with Crippen molar-refractivity contribution in [2.45, 2.75) is 32.6 Å². The first-order chi connectivity index (χ1) is 12.2. The van der Waals surface area contributed by atoms with Crippen molar-refractivity contribution in [3.63, 3.8) is 0 Å². The van der Waals surface area contributed by atoms with Gasteiger partial charge in [0, 0.05) is 5.69 Å². The van der Waals surface area contributed by atoms with E-state index in [2.05, 4.69) is 9.71 Å². The standard InChI is InChI=1S/C18H18N2O4S2/c1-10-5-7-14(8-6-10)26(22,23)20-13(4)19-15-9-11(2)16-17(12(15)3)25-18(21)24-16/h5-9H,1-4H3,(H,19,20). The zero-order chi connectivity index (χ0) is 19.1. The molecule has 26 heavy (non-hydrogen) atoms. The van der Waals surface area contributed by atoms with Crippen molar-refractivity contribution in [3.05, 3.63) is 56.8 Å². The summed E-state index contributed by atoms with van der Waals surface area (Å²) in [4.78, 5) is 11.3. The lowest BCUT2D eigenvalue weighted by Gasteiger charge is -2.11. The van der Waals surface area contributed by atoms with Crippen LogP contribution in [0.1, 0.15) is 23.6 Å². The molecule has 0 atom stereocenters. The topological polar surface area (TPSA) is 88.7 Å². The second kappa shape index (κ2) is 6.69. The van der Waals surface area contributed by atoms with Crippen molar-refractivity contribution >= 4 is 43.2 Å². The number of aryl methyl sites for hydroxylation is 3. The number of amidine groups is 1. The monoisotopic (exact) mass is 390 g/mol. The number of hydrogen-bond donors (Lipinski definition) is 1. The van der Waals surface area contributed by atoms with Gasteiger partial charge in [0.15, 0.2) is 5.58 Å². The molecule has 0 fully saturated rings. The maximum atomic E-state index is 12.4. The summed E-state index contributed by atoms with van der Waals surface area (Å²) in [6.45, 7) is 7.15. The Morgan fingerprint density at radius 2 is 1.81 bits per heavy atom. The van der Waals surface area contributed by atoms with Crippen LogP contribution in [0.5, 0.6) is 0 Å². The highest BCUT2D eigenvalue weighted by molar-refractivity contribution is 7.90. The molecule has 8 heteroatoms. The summed E-state index contributed by atoms with van der Waals surface area (Å²) in [5.41, 5.74) is 3.82. The molecule has 136 valence electrons. The van der Waals surface area contributed by atoms with Crippen LogP contribution in [0.15, 0.2) is 48.8 Å². The molecule has 0 saturated carbocycles. The minimum Gasteiger partial charge on any atom is -0.414 e. The number of anilines is 1. The van der Waals surface area contributed by atoms with Crippen molar-refractivity contribution in [3.8, 4) is 0 Å². The number of nitrogens with one attached hydrogen (secondary N) is 1. The van der Waals surface area contributed by atoms with E-state index in [1.54, 1.807) is 19.1 Å². The van der Waals surface area contributed by atoms with Gasteiger partial charge in [0.1, 0.15) is 5.84 Å². The maximum Gasteiger partial charge on any atom is 0.396 e. The molecule has 0 saturated heterocycles. The van der Waals surface area contributed by atoms with Crippen LogP contribution in [0.4, 0.5) is 5.69 Å². The zero-order valence-corrected chi connectivity index (χ0v) is 16.4. The molecule has 1 N–H and O–H groups in total. The highest BCUT2D eigenvalue weighted by atomic mass is 32.2. The molecule has 0 aliphatic carbocycles. The number of rotatable bonds is 3. The number of hydrogen-bond acceptors (Lipinski definition) is 5. The summed E-state index contributed by atoms with van der Waals surface area (Å²) < 4.78 is 34.7. The Labute approximate surface area is 155 Å². The molecular weight excluding hydrogens is 372 g/mol. The SMILES string of the molecule is CC(=NS(=O)(=O)c1ccc(C)cc1)Nc1cc(C)c2oc(=O)sc2c1C. The van der Waals surface area contributed by atoms with Gasteiger partial charge in [-0.3, -0.25) is 0 Å². The lowest BCUT2D eigenvalue weighted by atomic mass is 10.1. The van der Waals surface area contributed by atoms with Crippen LogP contribution in [0.3, 0.4) is 0 Å². The molecular formula is C18H18N2O4S2. The van der Waals surface area contributed by atoms with Crippen LogP contribution in [-0.2, 0) is 10.0 Å². The van der Waals surface area contributed by atoms with Gasteiger partial charge in [-0.05, 0) is 57.0 Å². The lowest BCUT2D eigenvalue weighted by molar-refractivity contribution is 0.583. The van der Waals surface area contributed by atoms with Gasteiger partial charge in [-0.15, -0.1) is 4.40 Å². The third-order valence-electron chi connectivity index (χ3n) is 3.93. The first-order valence-electron chi connectivity index (χ1n) is 7.86. The van der Waals surface area contributed by atoms with E-state index in [1.165, 1.54) is 12.1 Å². The lowest BCUT2D eigenvalue weighted by Crippen LogP contribution is -2.12. The molecule has 6 nitrogen and oxygen atoms in total. The van der Waals surface area contributed by atoms with Crippen LogP contribution < -0.4 is 10.3 Å². The van der Waals surface area contributed by atoms with Gasteiger partial charge in [-0.25, -0.2) is 4.79 Å². The minimum atomic E-state index is -3.80. The van der Waals surface area contributed by atoms with Crippen molar-refractivity contribution in [1.29, 1.82) is 0 Å². The third-order valence-corrected chi connectivity index (χ3v) is 6.26. The predicted octanol–water partition coefficient (Wildman–Crippen LogP) is 4.00. The number of nitrogens with zero attached hydrogens (tertiary/aromatic N) is 1. The van der Waals surface area contributed by atoms with Crippen molar-refractivity contribution in [2.75, 3.05) is 5.32 Å². The Balaban J connectivity index is 1.97. The third kappa shape index (κ3) is 3.56. The van der Waals surface area contributed by atoms with Gasteiger partial charge in [0.25, 0.3) is 10.0 Å². The average Bonchev–Trinajstić information content (AvgIpc) is 2.95. The highest BCUT2D eigenvalue weighted by Gasteiger charge is 2.15. The van der Waals surface area contributed by atoms with Crippen LogP contribution in [0, 0.1) is 20.8 Å². The van der Waals surface area contributed by atoms with E-state index in [0.29, 0.717) is 11.3 Å². The number of sulfonamides is 1. The summed E-state index contributed by atoms with van der Waals surface area (Å²) >= 11 is 1.03. The second-order valence-corrected chi connectivity index (χ2v) is 8.62. The van der Waals surface area contributed by atoms with Crippen molar-refractivity contribution < 1.29 is 12.8 Å². The van der Waals surface area contributed by atoms with E-state index in [0.717, 1.165) is 32.7 Å². The normalized spacial score (nSPS) is 12.5. The fourth-order valence-electron chi connectivity index (χ4n) is 2.59. The fraction of sp³-hybridized carbons (Fsp3) is 0.222. The van der Waals surface area contributed by atoms with Gasteiger partial charge in [0.2, 0.25) is 0 Å². The molecule has 0 spiro atoms. The molecule has 1 heterocycles. The van der Waals surface area contributed by atoms with E-state index < -0.39 is 10.0 Å². The van der Waals surface area contributed by atoms with Crippen LogP contribution in [-0.4, -0.2) is 14.3 Å². The van der Waals surface area contributed by atoms with Gasteiger partial charge in [-0.1, -0.05) is 29.0 Å². The molecule has 0 aliphatic rings. The molecule has 0 unspecified atom stereocenters. The van der Waals surface area contributed by atoms with Gasteiger partial charge in [-0.2, -0.15) is 8.42 Å². The molecule has 3 aromatic rings. The van der Waals surface area contributed by atoms with E-state index in [9.17, 15) is 13.2 Å². The van der Waals surface area contributed by atoms with E-state index in [1.807, 2.05) is 26.8 Å². The zero-order valence-electron chi connectivity index (χ0n) is 14.8.